The second-order valence-corrected chi connectivity index (χ2v) is 4.49. The average Bonchev–Trinajstić information content (AvgIpc) is 2.38. The van der Waals surface area contributed by atoms with Crippen LogP contribution in [0.4, 0.5) is 5.82 Å². The van der Waals surface area contributed by atoms with E-state index in [2.05, 4.69) is 9.88 Å². The standard InChI is InChI=1S/C12H15ClN2O2/c1-17-12(16)9-5-7-15(8-6-9)11-4-2-3-10(13)14-11/h2-4,9H,5-8H2,1H3. The molecule has 2 heterocycles. The minimum atomic E-state index is -0.108. The third kappa shape index (κ3) is 2.88. The molecule has 92 valence electrons. The number of aromatic nitrogens is 1. The van der Waals surface area contributed by atoms with Crippen LogP contribution in [0.3, 0.4) is 0 Å². The summed E-state index contributed by atoms with van der Waals surface area (Å²) in [6.45, 7) is 1.63. The zero-order valence-corrected chi connectivity index (χ0v) is 10.5. The van der Waals surface area contributed by atoms with Gasteiger partial charge in [0, 0.05) is 13.1 Å². The number of piperidine rings is 1. The molecule has 0 saturated carbocycles. The SMILES string of the molecule is COC(=O)C1CCN(c2cccc(Cl)n2)CC1. The third-order valence-corrected chi connectivity index (χ3v) is 3.26. The van der Waals surface area contributed by atoms with Gasteiger partial charge >= 0.3 is 5.97 Å². The number of nitrogens with zero attached hydrogens (tertiary/aromatic N) is 2. The molecule has 0 unspecified atom stereocenters. The molecule has 17 heavy (non-hydrogen) atoms. The lowest BCUT2D eigenvalue weighted by Gasteiger charge is -2.31. The molecule has 4 nitrogen and oxygen atoms in total. The van der Waals surface area contributed by atoms with Crippen LogP contribution in [0, 0.1) is 5.92 Å². The fourth-order valence-electron chi connectivity index (χ4n) is 2.08. The Morgan fingerprint density at radius 1 is 1.47 bits per heavy atom. The van der Waals surface area contributed by atoms with Gasteiger partial charge in [-0.3, -0.25) is 4.79 Å². The summed E-state index contributed by atoms with van der Waals surface area (Å²) in [4.78, 5) is 17.8. The van der Waals surface area contributed by atoms with Crippen molar-refractivity contribution >= 4 is 23.4 Å². The summed E-state index contributed by atoms with van der Waals surface area (Å²) >= 11 is 5.85. The van der Waals surface area contributed by atoms with Crippen LogP contribution in [0.1, 0.15) is 12.8 Å². The van der Waals surface area contributed by atoms with Crippen molar-refractivity contribution in [3.8, 4) is 0 Å². The minimum Gasteiger partial charge on any atom is -0.469 e. The number of hydrogen-bond acceptors (Lipinski definition) is 4. The van der Waals surface area contributed by atoms with Crippen molar-refractivity contribution in [2.75, 3.05) is 25.1 Å². The number of esters is 1. The highest BCUT2D eigenvalue weighted by Gasteiger charge is 2.26. The van der Waals surface area contributed by atoms with Crippen molar-refractivity contribution in [3.05, 3.63) is 23.4 Å². The molecule has 0 radical (unpaired) electrons. The van der Waals surface area contributed by atoms with Crippen molar-refractivity contribution in [2.24, 2.45) is 5.92 Å². The van der Waals surface area contributed by atoms with Gasteiger partial charge in [-0.2, -0.15) is 0 Å². The van der Waals surface area contributed by atoms with Gasteiger partial charge in [0.05, 0.1) is 13.0 Å². The largest absolute Gasteiger partial charge is 0.469 e. The van der Waals surface area contributed by atoms with Crippen LogP contribution < -0.4 is 4.90 Å². The fourth-order valence-corrected chi connectivity index (χ4v) is 2.24. The summed E-state index contributed by atoms with van der Waals surface area (Å²) < 4.78 is 4.76. The molecule has 1 aromatic heterocycles. The van der Waals surface area contributed by atoms with E-state index in [1.54, 1.807) is 6.07 Å². The molecule has 1 aliphatic rings. The van der Waals surface area contributed by atoms with Gasteiger partial charge in [0.2, 0.25) is 0 Å². The van der Waals surface area contributed by atoms with E-state index in [1.807, 2.05) is 12.1 Å². The van der Waals surface area contributed by atoms with E-state index in [1.165, 1.54) is 7.11 Å². The van der Waals surface area contributed by atoms with Gasteiger partial charge in [-0.25, -0.2) is 4.98 Å². The summed E-state index contributed by atoms with van der Waals surface area (Å²) in [5.41, 5.74) is 0. The molecule has 0 N–H and O–H groups in total. The third-order valence-electron chi connectivity index (χ3n) is 3.05. The zero-order valence-electron chi connectivity index (χ0n) is 9.73. The molecule has 0 aliphatic carbocycles. The van der Waals surface area contributed by atoms with Crippen LogP contribution in [0.15, 0.2) is 18.2 Å². The first-order valence-corrected chi connectivity index (χ1v) is 6.04. The average molecular weight is 255 g/mol. The molecular weight excluding hydrogens is 240 g/mol. The number of anilines is 1. The number of halogens is 1. The quantitative estimate of drug-likeness (QED) is 0.599. The summed E-state index contributed by atoms with van der Waals surface area (Å²) in [6, 6.07) is 5.58. The second-order valence-electron chi connectivity index (χ2n) is 4.10. The van der Waals surface area contributed by atoms with Crippen molar-refractivity contribution in [1.82, 2.24) is 4.98 Å². The van der Waals surface area contributed by atoms with E-state index in [0.29, 0.717) is 5.15 Å². The summed E-state index contributed by atoms with van der Waals surface area (Å²) in [7, 11) is 1.44. The smallest absolute Gasteiger partial charge is 0.308 e. The molecule has 1 aromatic rings. The molecule has 0 aromatic carbocycles. The maximum atomic E-state index is 11.4. The summed E-state index contributed by atoms with van der Waals surface area (Å²) in [6.07, 6.45) is 1.61. The Morgan fingerprint density at radius 3 is 2.76 bits per heavy atom. The molecule has 1 fully saturated rings. The van der Waals surface area contributed by atoms with Gasteiger partial charge in [0.25, 0.3) is 0 Å². The van der Waals surface area contributed by atoms with E-state index in [9.17, 15) is 4.79 Å². The Labute approximate surface area is 106 Å². The first kappa shape index (κ1) is 12.2. The Hall–Kier alpha value is -1.29. The lowest BCUT2D eigenvalue weighted by atomic mass is 9.97. The van der Waals surface area contributed by atoms with E-state index >= 15 is 0 Å². The van der Waals surface area contributed by atoms with Crippen LogP contribution in [0.25, 0.3) is 0 Å². The van der Waals surface area contributed by atoms with Crippen molar-refractivity contribution < 1.29 is 9.53 Å². The molecule has 5 heteroatoms. The van der Waals surface area contributed by atoms with Crippen LogP contribution in [-0.2, 0) is 9.53 Å². The zero-order chi connectivity index (χ0) is 12.3. The van der Waals surface area contributed by atoms with Crippen LogP contribution in [-0.4, -0.2) is 31.2 Å². The van der Waals surface area contributed by atoms with Gasteiger partial charge in [-0.15, -0.1) is 0 Å². The fraction of sp³-hybridized carbons (Fsp3) is 0.500. The Morgan fingerprint density at radius 2 is 2.18 bits per heavy atom. The number of pyridine rings is 1. The molecule has 0 amide bonds. The lowest BCUT2D eigenvalue weighted by Crippen LogP contribution is -2.37. The summed E-state index contributed by atoms with van der Waals surface area (Å²) in [5.74, 6) is 0.792. The van der Waals surface area contributed by atoms with E-state index < -0.39 is 0 Å². The molecule has 1 aliphatic heterocycles. The van der Waals surface area contributed by atoms with E-state index in [-0.39, 0.29) is 11.9 Å². The molecule has 0 bridgehead atoms. The number of carbonyl (C=O) groups is 1. The Balaban J connectivity index is 1.97. The first-order valence-electron chi connectivity index (χ1n) is 5.66. The normalized spacial score (nSPS) is 16.9. The molecular formula is C12H15ClN2O2. The van der Waals surface area contributed by atoms with Crippen LogP contribution >= 0.6 is 11.6 Å². The highest BCUT2D eigenvalue weighted by Crippen LogP contribution is 2.23. The highest BCUT2D eigenvalue weighted by atomic mass is 35.5. The minimum absolute atomic E-state index is 0.0236. The van der Waals surface area contributed by atoms with Crippen LogP contribution in [0.5, 0.6) is 0 Å². The van der Waals surface area contributed by atoms with Crippen LogP contribution in [0.2, 0.25) is 5.15 Å². The number of ether oxygens (including phenoxy) is 1. The number of rotatable bonds is 2. The van der Waals surface area contributed by atoms with E-state index in [4.69, 9.17) is 16.3 Å². The van der Waals surface area contributed by atoms with Gasteiger partial charge in [-0.1, -0.05) is 17.7 Å². The maximum Gasteiger partial charge on any atom is 0.308 e. The number of carbonyl (C=O) groups excluding carboxylic acids is 1. The van der Waals surface area contributed by atoms with Crippen molar-refractivity contribution in [1.29, 1.82) is 0 Å². The van der Waals surface area contributed by atoms with Crippen molar-refractivity contribution in [2.45, 2.75) is 12.8 Å². The summed E-state index contributed by atoms with van der Waals surface area (Å²) in [5, 5.41) is 0.498. The monoisotopic (exact) mass is 254 g/mol. The predicted molar refractivity (Wildman–Crippen MR) is 66.2 cm³/mol. The lowest BCUT2D eigenvalue weighted by molar-refractivity contribution is -0.146. The molecule has 1 saturated heterocycles. The molecule has 0 atom stereocenters. The number of hydrogen-bond donors (Lipinski definition) is 0. The first-order chi connectivity index (χ1) is 8.20. The van der Waals surface area contributed by atoms with Gasteiger partial charge in [0.1, 0.15) is 11.0 Å². The molecule has 2 rings (SSSR count). The second kappa shape index (κ2) is 5.36. The van der Waals surface area contributed by atoms with Gasteiger partial charge in [-0.05, 0) is 25.0 Å². The Kier molecular flexibility index (Phi) is 3.84. The topological polar surface area (TPSA) is 42.4 Å². The number of methoxy groups -OCH3 is 1. The van der Waals surface area contributed by atoms with Crippen molar-refractivity contribution in [3.63, 3.8) is 0 Å². The maximum absolute atomic E-state index is 11.4. The molecule has 0 spiro atoms. The van der Waals surface area contributed by atoms with Gasteiger partial charge < -0.3 is 9.64 Å². The predicted octanol–water partition coefficient (Wildman–Crippen LogP) is 2.12. The van der Waals surface area contributed by atoms with Gasteiger partial charge in [0.15, 0.2) is 0 Å². The van der Waals surface area contributed by atoms with E-state index in [0.717, 1.165) is 31.7 Å². The highest BCUT2D eigenvalue weighted by molar-refractivity contribution is 6.29. The Bertz CT molecular complexity index is 403.